The van der Waals surface area contributed by atoms with Gasteiger partial charge in [-0.3, -0.25) is 14.4 Å². The standard InChI is InChI=1S/C51H98O6S/c1-4-7-10-13-16-19-22-25-27-30-33-36-39-42-49(52)55-45-48(46-56-50(53)43-40-37-34-31-28-26-23-20-17-14-11-8-5-2)57-51(54)47-58-44-41-38-35-32-29-24-21-18-15-12-9-6-3/h48H,4-47H2,1-3H3. The molecule has 0 aliphatic carbocycles. The highest BCUT2D eigenvalue weighted by molar-refractivity contribution is 7.99. The van der Waals surface area contributed by atoms with Crippen LogP contribution in [0.25, 0.3) is 0 Å². The quantitative estimate of drug-likeness (QED) is 0.0343. The van der Waals surface area contributed by atoms with Crippen molar-refractivity contribution in [2.24, 2.45) is 0 Å². The fourth-order valence-electron chi connectivity index (χ4n) is 7.63. The van der Waals surface area contributed by atoms with E-state index in [1.54, 1.807) is 11.8 Å². The van der Waals surface area contributed by atoms with Gasteiger partial charge in [-0.15, -0.1) is 0 Å². The van der Waals surface area contributed by atoms with Crippen molar-refractivity contribution in [1.82, 2.24) is 0 Å². The molecule has 0 aromatic rings. The molecule has 7 heteroatoms. The van der Waals surface area contributed by atoms with Crippen molar-refractivity contribution in [2.45, 2.75) is 284 Å². The van der Waals surface area contributed by atoms with Gasteiger partial charge in [-0.2, -0.15) is 11.8 Å². The second kappa shape index (κ2) is 48.4. The zero-order chi connectivity index (χ0) is 42.3. The van der Waals surface area contributed by atoms with Crippen molar-refractivity contribution < 1.29 is 28.6 Å². The summed E-state index contributed by atoms with van der Waals surface area (Å²) in [6, 6.07) is 0. The predicted molar refractivity (Wildman–Crippen MR) is 251 cm³/mol. The third-order valence-corrected chi connectivity index (χ3v) is 12.5. The maximum atomic E-state index is 12.8. The van der Waals surface area contributed by atoms with Gasteiger partial charge in [-0.1, -0.05) is 245 Å². The molecule has 0 aromatic heterocycles. The highest BCUT2D eigenvalue weighted by Gasteiger charge is 2.19. The van der Waals surface area contributed by atoms with Crippen molar-refractivity contribution in [3.8, 4) is 0 Å². The Labute approximate surface area is 365 Å². The van der Waals surface area contributed by atoms with Gasteiger partial charge in [0.2, 0.25) is 0 Å². The van der Waals surface area contributed by atoms with E-state index in [4.69, 9.17) is 14.2 Å². The van der Waals surface area contributed by atoms with Crippen LogP contribution in [0.1, 0.15) is 278 Å². The largest absolute Gasteiger partial charge is 0.462 e. The molecule has 0 aromatic carbocycles. The summed E-state index contributed by atoms with van der Waals surface area (Å²) in [5.41, 5.74) is 0. The number of unbranched alkanes of at least 4 members (excludes halogenated alkanes) is 35. The van der Waals surface area contributed by atoms with E-state index in [2.05, 4.69) is 20.8 Å². The first-order valence-electron chi connectivity index (χ1n) is 25.6. The summed E-state index contributed by atoms with van der Waals surface area (Å²) < 4.78 is 16.8. The van der Waals surface area contributed by atoms with E-state index in [1.807, 2.05) is 0 Å². The first-order valence-corrected chi connectivity index (χ1v) is 26.8. The zero-order valence-electron chi connectivity index (χ0n) is 39.0. The summed E-state index contributed by atoms with van der Waals surface area (Å²) in [5.74, 6) is 0.301. The number of carbonyl (C=O) groups is 3. The van der Waals surface area contributed by atoms with Crippen LogP contribution in [0.4, 0.5) is 0 Å². The van der Waals surface area contributed by atoms with Crippen LogP contribution in [0.5, 0.6) is 0 Å². The molecule has 0 aliphatic heterocycles. The maximum absolute atomic E-state index is 12.8. The summed E-state index contributed by atoms with van der Waals surface area (Å²) in [6.07, 6.45) is 48.4. The second-order valence-corrected chi connectivity index (χ2v) is 18.5. The molecule has 0 bridgehead atoms. The minimum Gasteiger partial charge on any atom is -0.462 e. The van der Waals surface area contributed by atoms with Crippen molar-refractivity contribution >= 4 is 29.7 Å². The molecular formula is C51H98O6S. The Bertz CT molecular complexity index is 820. The predicted octanol–water partition coefficient (Wildman–Crippen LogP) is 16.4. The van der Waals surface area contributed by atoms with Crippen LogP contribution >= 0.6 is 11.8 Å². The molecule has 58 heavy (non-hydrogen) atoms. The van der Waals surface area contributed by atoms with Crippen LogP contribution < -0.4 is 0 Å². The van der Waals surface area contributed by atoms with E-state index in [1.165, 1.54) is 199 Å². The van der Waals surface area contributed by atoms with Crippen molar-refractivity contribution in [3.05, 3.63) is 0 Å². The van der Waals surface area contributed by atoms with E-state index in [0.29, 0.717) is 12.8 Å². The Morgan fingerprint density at radius 3 is 0.897 bits per heavy atom. The molecule has 6 nitrogen and oxygen atoms in total. The molecule has 344 valence electrons. The Balaban J connectivity index is 4.31. The van der Waals surface area contributed by atoms with Gasteiger partial charge in [0, 0.05) is 12.8 Å². The SMILES string of the molecule is CCCCCCCCCCCCCCCC(=O)OCC(COC(=O)CCCCCCCCCCCCCCC)OC(=O)CSCCCCCCCCCCCCCC. The average molecular weight is 839 g/mol. The summed E-state index contributed by atoms with van der Waals surface area (Å²) in [5, 5.41) is 0. The average Bonchev–Trinajstić information content (AvgIpc) is 3.22. The van der Waals surface area contributed by atoms with Gasteiger partial charge >= 0.3 is 17.9 Å². The third kappa shape index (κ3) is 45.8. The van der Waals surface area contributed by atoms with Crippen LogP contribution in [-0.4, -0.2) is 48.7 Å². The summed E-state index contributed by atoms with van der Waals surface area (Å²) in [6.45, 7) is 6.66. The monoisotopic (exact) mass is 839 g/mol. The number of rotatable bonds is 48. The zero-order valence-corrected chi connectivity index (χ0v) is 39.9. The lowest BCUT2D eigenvalue weighted by molar-refractivity contribution is -0.165. The second-order valence-electron chi connectivity index (χ2n) is 17.4. The number of ether oxygens (including phenoxy) is 3. The molecule has 0 unspecified atom stereocenters. The molecule has 0 spiro atoms. The minimum atomic E-state index is -0.772. The van der Waals surface area contributed by atoms with Crippen LogP contribution in [0.15, 0.2) is 0 Å². The fraction of sp³-hybridized carbons (Fsp3) is 0.941. The molecule has 0 fully saturated rings. The third-order valence-electron chi connectivity index (χ3n) is 11.5. The van der Waals surface area contributed by atoms with Crippen LogP contribution in [0.3, 0.4) is 0 Å². The first-order chi connectivity index (χ1) is 28.5. The number of hydrogen-bond acceptors (Lipinski definition) is 7. The van der Waals surface area contributed by atoms with Crippen LogP contribution in [-0.2, 0) is 28.6 Å². The van der Waals surface area contributed by atoms with Gasteiger partial charge in [0.1, 0.15) is 13.2 Å². The number of thioether (sulfide) groups is 1. The van der Waals surface area contributed by atoms with Gasteiger partial charge in [0.05, 0.1) is 5.75 Å². The Hall–Kier alpha value is -1.24. The first kappa shape index (κ1) is 56.8. The van der Waals surface area contributed by atoms with E-state index >= 15 is 0 Å². The molecule has 0 amide bonds. The Kier molecular flexibility index (Phi) is 47.4. The molecule has 0 atom stereocenters. The molecule has 0 heterocycles. The number of carbonyl (C=O) groups excluding carboxylic acids is 3. The lowest BCUT2D eigenvalue weighted by atomic mass is 10.0. The minimum absolute atomic E-state index is 0.0710. The molecular weight excluding hydrogens is 741 g/mol. The number of esters is 3. The van der Waals surface area contributed by atoms with Gasteiger partial charge in [0.25, 0.3) is 0 Å². The maximum Gasteiger partial charge on any atom is 0.316 e. The van der Waals surface area contributed by atoms with Crippen molar-refractivity contribution in [1.29, 1.82) is 0 Å². The lowest BCUT2D eigenvalue weighted by Gasteiger charge is -2.18. The van der Waals surface area contributed by atoms with Crippen LogP contribution in [0.2, 0.25) is 0 Å². The highest BCUT2D eigenvalue weighted by atomic mass is 32.2. The van der Waals surface area contributed by atoms with Crippen molar-refractivity contribution in [3.63, 3.8) is 0 Å². The molecule has 0 aliphatic rings. The molecule has 0 radical (unpaired) electrons. The molecule has 0 saturated heterocycles. The van der Waals surface area contributed by atoms with Gasteiger partial charge in [-0.05, 0) is 25.0 Å². The molecule has 0 N–H and O–H groups in total. The highest BCUT2D eigenvalue weighted by Crippen LogP contribution is 2.17. The topological polar surface area (TPSA) is 78.9 Å². The van der Waals surface area contributed by atoms with E-state index in [0.717, 1.165) is 50.7 Å². The van der Waals surface area contributed by atoms with Gasteiger partial charge in [-0.25, -0.2) is 0 Å². The Morgan fingerprint density at radius 1 is 0.345 bits per heavy atom. The fourth-order valence-corrected chi connectivity index (χ4v) is 8.41. The van der Waals surface area contributed by atoms with Crippen LogP contribution in [0, 0.1) is 0 Å². The van der Waals surface area contributed by atoms with E-state index in [-0.39, 0.29) is 36.9 Å². The van der Waals surface area contributed by atoms with E-state index < -0.39 is 6.10 Å². The lowest BCUT2D eigenvalue weighted by Crippen LogP contribution is -2.31. The van der Waals surface area contributed by atoms with Gasteiger partial charge in [0.15, 0.2) is 6.10 Å². The normalized spacial score (nSPS) is 11.4. The molecule has 0 rings (SSSR count). The molecule has 0 saturated carbocycles. The summed E-state index contributed by atoms with van der Waals surface area (Å²) in [7, 11) is 0. The smallest absolute Gasteiger partial charge is 0.316 e. The summed E-state index contributed by atoms with van der Waals surface area (Å²) in [4.78, 5) is 37.9. The Morgan fingerprint density at radius 2 is 0.603 bits per heavy atom. The van der Waals surface area contributed by atoms with Gasteiger partial charge < -0.3 is 14.2 Å². The summed E-state index contributed by atoms with van der Waals surface area (Å²) >= 11 is 1.60. The van der Waals surface area contributed by atoms with Crippen molar-refractivity contribution in [2.75, 3.05) is 24.7 Å². The number of hydrogen-bond donors (Lipinski definition) is 0. The van der Waals surface area contributed by atoms with E-state index in [9.17, 15) is 14.4 Å².